The Morgan fingerprint density at radius 1 is 1.67 bits per heavy atom. The van der Waals surface area contributed by atoms with E-state index in [1.807, 2.05) is 0 Å². The molecule has 0 saturated carbocycles. The minimum atomic E-state index is 0.0904. The lowest BCUT2D eigenvalue weighted by Crippen LogP contribution is -2.40. The van der Waals surface area contributed by atoms with Gasteiger partial charge in [-0.2, -0.15) is 5.10 Å². The van der Waals surface area contributed by atoms with E-state index < -0.39 is 0 Å². The highest BCUT2D eigenvalue weighted by Gasteiger charge is 2.24. The van der Waals surface area contributed by atoms with Crippen LogP contribution in [0.15, 0.2) is 12.3 Å². The Morgan fingerprint density at radius 2 is 2.53 bits per heavy atom. The van der Waals surface area contributed by atoms with Crippen molar-refractivity contribution in [3.63, 3.8) is 0 Å². The topological polar surface area (TPSA) is 69.8 Å². The molecule has 1 fully saturated rings. The van der Waals surface area contributed by atoms with Crippen LogP contribution >= 0.6 is 0 Å². The number of hydrogen-bond donors (Lipinski definition) is 3. The zero-order valence-corrected chi connectivity index (χ0v) is 8.79. The van der Waals surface area contributed by atoms with Crippen LogP contribution in [0.1, 0.15) is 19.8 Å². The molecule has 1 saturated heterocycles. The minimum Gasteiger partial charge on any atom is -0.314 e. The molecule has 1 aromatic heterocycles. The molecular weight excluding hydrogens is 192 g/mol. The zero-order valence-electron chi connectivity index (χ0n) is 8.79. The number of piperidine rings is 1. The summed E-state index contributed by atoms with van der Waals surface area (Å²) >= 11 is 0. The molecule has 5 heteroatoms. The highest BCUT2D eigenvalue weighted by molar-refractivity contribution is 5.91. The Kier molecular flexibility index (Phi) is 3.01. The molecule has 2 heterocycles. The second kappa shape index (κ2) is 4.44. The Hall–Kier alpha value is -1.36. The molecule has 0 unspecified atom stereocenters. The normalized spacial score (nSPS) is 26.2. The molecule has 15 heavy (non-hydrogen) atoms. The summed E-state index contributed by atoms with van der Waals surface area (Å²) in [5.41, 5.74) is 0. The molecule has 0 bridgehead atoms. The van der Waals surface area contributed by atoms with Gasteiger partial charge in [-0.3, -0.25) is 9.89 Å². The molecule has 0 radical (unpaired) electrons. The fraction of sp³-hybridized carbons (Fsp3) is 0.600. The maximum absolute atomic E-state index is 11.8. The van der Waals surface area contributed by atoms with Gasteiger partial charge in [-0.05, 0) is 26.3 Å². The summed E-state index contributed by atoms with van der Waals surface area (Å²) in [5.74, 6) is 0.878. The Bertz CT molecular complexity index is 322. The predicted molar refractivity (Wildman–Crippen MR) is 57.4 cm³/mol. The zero-order chi connectivity index (χ0) is 10.7. The van der Waals surface area contributed by atoms with Crippen molar-refractivity contribution in [2.45, 2.75) is 25.8 Å². The number of nitrogens with one attached hydrogen (secondary N) is 3. The maximum atomic E-state index is 11.8. The lowest BCUT2D eigenvalue weighted by Gasteiger charge is -2.26. The van der Waals surface area contributed by atoms with Gasteiger partial charge in [0.05, 0.1) is 6.20 Å². The van der Waals surface area contributed by atoms with Crippen LogP contribution in [-0.2, 0) is 4.79 Å². The molecule has 0 aliphatic carbocycles. The van der Waals surface area contributed by atoms with Crippen molar-refractivity contribution in [2.75, 3.05) is 11.9 Å². The maximum Gasteiger partial charge on any atom is 0.228 e. The van der Waals surface area contributed by atoms with Crippen molar-refractivity contribution in [3.05, 3.63) is 12.3 Å². The average Bonchev–Trinajstić information content (AvgIpc) is 2.70. The van der Waals surface area contributed by atoms with Crippen molar-refractivity contribution >= 4 is 11.7 Å². The van der Waals surface area contributed by atoms with Gasteiger partial charge >= 0.3 is 0 Å². The molecule has 1 aliphatic rings. The fourth-order valence-corrected chi connectivity index (χ4v) is 1.93. The van der Waals surface area contributed by atoms with Gasteiger partial charge in [0.25, 0.3) is 0 Å². The molecule has 82 valence electrons. The van der Waals surface area contributed by atoms with Gasteiger partial charge in [0.2, 0.25) is 5.91 Å². The molecule has 0 aromatic carbocycles. The van der Waals surface area contributed by atoms with E-state index in [2.05, 4.69) is 27.8 Å². The first-order chi connectivity index (χ1) is 7.25. The van der Waals surface area contributed by atoms with Crippen molar-refractivity contribution < 1.29 is 4.79 Å². The standard InChI is InChI=1S/C10H16N4O/c1-7-6-8(2-4-11-7)10(15)13-9-3-5-12-14-9/h3,5,7-8,11H,2,4,6H2,1H3,(H2,12,13,14,15)/t7-,8-/m0/s1. The van der Waals surface area contributed by atoms with Gasteiger partial charge < -0.3 is 10.6 Å². The highest BCUT2D eigenvalue weighted by atomic mass is 16.2. The van der Waals surface area contributed by atoms with Crippen LogP contribution in [0.4, 0.5) is 5.82 Å². The van der Waals surface area contributed by atoms with E-state index in [0.29, 0.717) is 11.9 Å². The Labute approximate surface area is 88.6 Å². The molecule has 3 N–H and O–H groups in total. The number of nitrogens with zero attached hydrogens (tertiary/aromatic N) is 1. The SMILES string of the molecule is C[C@H]1C[C@@H](C(=O)Nc2ccn[nH]2)CCN1. The Balaban J connectivity index is 1.90. The molecule has 5 nitrogen and oxygen atoms in total. The van der Waals surface area contributed by atoms with Crippen LogP contribution in [0.25, 0.3) is 0 Å². The lowest BCUT2D eigenvalue weighted by molar-refractivity contribution is -0.120. The second-order valence-corrected chi connectivity index (χ2v) is 4.04. The van der Waals surface area contributed by atoms with E-state index >= 15 is 0 Å². The second-order valence-electron chi connectivity index (χ2n) is 4.04. The van der Waals surface area contributed by atoms with Crippen molar-refractivity contribution in [1.82, 2.24) is 15.5 Å². The van der Waals surface area contributed by atoms with E-state index in [1.165, 1.54) is 0 Å². The van der Waals surface area contributed by atoms with Crippen LogP contribution in [0.5, 0.6) is 0 Å². The first kappa shape index (κ1) is 10.2. The van der Waals surface area contributed by atoms with Gasteiger partial charge in [-0.1, -0.05) is 0 Å². The van der Waals surface area contributed by atoms with Crippen LogP contribution in [0.2, 0.25) is 0 Å². The number of carbonyl (C=O) groups excluding carboxylic acids is 1. The number of carbonyl (C=O) groups is 1. The van der Waals surface area contributed by atoms with Crippen molar-refractivity contribution in [2.24, 2.45) is 5.92 Å². The van der Waals surface area contributed by atoms with E-state index in [0.717, 1.165) is 19.4 Å². The minimum absolute atomic E-state index is 0.0904. The number of amides is 1. The van der Waals surface area contributed by atoms with Gasteiger partial charge in [0, 0.05) is 18.0 Å². The van der Waals surface area contributed by atoms with E-state index in [-0.39, 0.29) is 11.8 Å². The largest absolute Gasteiger partial charge is 0.314 e. The smallest absolute Gasteiger partial charge is 0.228 e. The average molecular weight is 208 g/mol. The third kappa shape index (κ3) is 2.56. The summed E-state index contributed by atoms with van der Waals surface area (Å²) in [5, 5.41) is 12.7. The summed E-state index contributed by atoms with van der Waals surface area (Å²) in [7, 11) is 0. The van der Waals surface area contributed by atoms with Gasteiger partial charge in [0.15, 0.2) is 0 Å². The quantitative estimate of drug-likeness (QED) is 0.671. The number of aromatic nitrogens is 2. The summed E-state index contributed by atoms with van der Waals surface area (Å²) in [4.78, 5) is 11.8. The van der Waals surface area contributed by atoms with Crippen LogP contribution in [-0.4, -0.2) is 28.7 Å². The number of aromatic amines is 1. The first-order valence-corrected chi connectivity index (χ1v) is 5.29. The summed E-state index contributed by atoms with van der Waals surface area (Å²) in [6.45, 7) is 3.03. The van der Waals surface area contributed by atoms with Gasteiger partial charge in [-0.25, -0.2) is 0 Å². The number of H-pyrrole nitrogens is 1. The monoisotopic (exact) mass is 208 g/mol. The lowest BCUT2D eigenvalue weighted by atomic mass is 9.92. The molecule has 2 rings (SSSR count). The summed E-state index contributed by atoms with van der Waals surface area (Å²) in [6.07, 6.45) is 3.44. The third-order valence-electron chi connectivity index (χ3n) is 2.75. The fourth-order valence-electron chi connectivity index (χ4n) is 1.93. The van der Waals surface area contributed by atoms with E-state index in [9.17, 15) is 4.79 Å². The van der Waals surface area contributed by atoms with Gasteiger partial charge in [0.1, 0.15) is 5.82 Å². The molecule has 2 atom stereocenters. The summed E-state index contributed by atoms with van der Waals surface area (Å²) < 4.78 is 0. The van der Waals surface area contributed by atoms with Crippen molar-refractivity contribution in [3.8, 4) is 0 Å². The summed E-state index contributed by atoms with van der Waals surface area (Å²) in [6, 6.07) is 2.18. The van der Waals surface area contributed by atoms with Crippen LogP contribution in [0, 0.1) is 5.92 Å². The van der Waals surface area contributed by atoms with Crippen LogP contribution in [0.3, 0.4) is 0 Å². The predicted octanol–water partition coefficient (Wildman–Crippen LogP) is 0.736. The molecule has 1 aliphatic heterocycles. The third-order valence-corrected chi connectivity index (χ3v) is 2.75. The number of rotatable bonds is 2. The number of hydrogen-bond acceptors (Lipinski definition) is 3. The molecular formula is C10H16N4O. The van der Waals surface area contributed by atoms with Gasteiger partial charge in [-0.15, -0.1) is 0 Å². The highest BCUT2D eigenvalue weighted by Crippen LogP contribution is 2.17. The molecule has 0 spiro atoms. The van der Waals surface area contributed by atoms with E-state index in [1.54, 1.807) is 12.3 Å². The van der Waals surface area contributed by atoms with Crippen molar-refractivity contribution in [1.29, 1.82) is 0 Å². The molecule has 1 amide bonds. The van der Waals surface area contributed by atoms with Crippen LogP contribution < -0.4 is 10.6 Å². The Morgan fingerprint density at radius 3 is 3.20 bits per heavy atom. The van der Waals surface area contributed by atoms with E-state index in [4.69, 9.17) is 0 Å². The first-order valence-electron chi connectivity index (χ1n) is 5.29. The molecule has 1 aromatic rings. The number of anilines is 1.